The van der Waals surface area contributed by atoms with Crippen LogP contribution < -0.4 is 20.2 Å². The predicted octanol–water partition coefficient (Wildman–Crippen LogP) is 3.43. The number of halogens is 1. The quantitative estimate of drug-likeness (QED) is 0.389. The van der Waals surface area contributed by atoms with Crippen molar-refractivity contribution < 1.29 is 24.2 Å². The molecule has 0 fully saturated rings. The van der Waals surface area contributed by atoms with Gasteiger partial charge in [0.25, 0.3) is 0 Å². The Hall–Kier alpha value is -3.07. The lowest BCUT2D eigenvalue weighted by molar-refractivity contribution is -0.124. The summed E-state index contributed by atoms with van der Waals surface area (Å²) >= 11 is 3.30. The molecule has 2 aromatic carbocycles. The van der Waals surface area contributed by atoms with Crippen molar-refractivity contribution in [2.45, 2.75) is 19.8 Å². The van der Waals surface area contributed by atoms with Crippen molar-refractivity contribution in [3.8, 4) is 17.2 Å². The number of carbonyl (C=O) groups is 2. The molecular formula is C20H22BrN3O5. The van der Waals surface area contributed by atoms with E-state index in [1.165, 1.54) is 13.3 Å². The average Bonchev–Trinajstić information content (AvgIpc) is 2.70. The number of nitrogens with zero attached hydrogens (tertiary/aromatic N) is 1. The summed E-state index contributed by atoms with van der Waals surface area (Å²) in [6.45, 7) is 2.46. The van der Waals surface area contributed by atoms with Gasteiger partial charge in [0.1, 0.15) is 5.75 Å². The van der Waals surface area contributed by atoms with Crippen LogP contribution in [-0.2, 0) is 9.59 Å². The first-order chi connectivity index (χ1) is 13.9. The number of ether oxygens (including phenoxy) is 2. The first kappa shape index (κ1) is 22.2. The van der Waals surface area contributed by atoms with Crippen molar-refractivity contribution in [2.24, 2.45) is 5.10 Å². The molecule has 154 valence electrons. The van der Waals surface area contributed by atoms with Crippen LogP contribution in [0.15, 0.2) is 46.0 Å². The number of amides is 2. The third-order valence-electron chi connectivity index (χ3n) is 3.71. The van der Waals surface area contributed by atoms with Gasteiger partial charge >= 0.3 is 0 Å². The highest BCUT2D eigenvalue weighted by atomic mass is 79.9. The first-order valence-corrected chi connectivity index (χ1v) is 9.63. The molecule has 0 aliphatic rings. The highest BCUT2D eigenvalue weighted by Crippen LogP contribution is 2.32. The standard InChI is InChI=1S/C20H22BrN3O5/c1-3-29-16-6-4-15(5-7-16)23-18(25)8-9-19(26)24-22-12-13-10-14(21)11-17(28-2)20(13)27/h4-7,10-12,27H,3,8-9H2,1-2H3,(H,23,25)(H,24,26)/b22-12+. The van der Waals surface area contributed by atoms with Crippen LogP contribution in [0, 0.1) is 0 Å². The van der Waals surface area contributed by atoms with E-state index in [1.807, 2.05) is 6.92 Å². The monoisotopic (exact) mass is 463 g/mol. The maximum atomic E-state index is 12.0. The molecule has 0 bridgehead atoms. The third kappa shape index (κ3) is 7.11. The summed E-state index contributed by atoms with van der Waals surface area (Å²) in [6.07, 6.45) is 1.26. The minimum absolute atomic E-state index is 0.00449. The zero-order valence-corrected chi connectivity index (χ0v) is 17.7. The van der Waals surface area contributed by atoms with Crippen molar-refractivity contribution in [3.05, 3.63) is 46.4 Å². The number of aromatic hydroxyl groups is 1. The molecule has 2 rings (SSSR count). The van der Waals surface area contributed by atoms with Gasteiger partial charge in [-0.15, -0.1) is 0 Å². The smallest absolute Gasteiger partial charge is 0.240 e. The number of methoxy groups -OCH3 is 1. The zero-order valence-electron chi connectivity index (χ0n) is 16.1. The lowest BCUT2D eigenvalue weighted by atomic mass is 10.2. The summed E-state index contributed by atoms with van der Waals surface area (Å²) < 4.78 is 11.1. The lowest BCUT2D eigenvalue weighted by Crippen LogP contribution is -2.20. The largest absolute Gasteiger partial charge is 0.504 e. The van der Waals surface area contributed by atoms with Gasteiger partial charge in [0.05, 0.1) is 19.9 Å². The molecule has 2 amide bonds. The van der Waals surface area contributed by atoms with E-state index in [1.54, 1.807) is 36.4 Å². The van der Waals surface area contributed by atoms with Crippen molar-refractivity contribution in [3.63, 3.8) is 0 Å². The van der Waals surface area contributed by atoms with E-state index in [0.717, 1.165) is 5.75 Å². The van der Waals surface area contributed by atoms with Crippen LogP contribution in [0.3, 0.4) is 0 Å². The molecule has 9 heteroatoms. The molecule has 0 unspecified atom stereocenters. The van der Waals surface area contributed by atoms with Crippen LogP contribution in [0.25, 0.3) is 0 Å². The molecule has 0 saturated heterocycles. The van der Waals surface area contributed by atoms with E-state index in [0.29, 0.717) is 22.3 Å². The number of phenols is 1. The average molecular weight is 464 g/mol. The Kier molecular flexibility index (Phi) is 8.47. The van der Waals surface area contributed by atoms with Gasteiger partial charge in [0, 0.05) is 28.6 Å². The maximum absolute atomic E-state index is 12.0. The van der Waals surface area contributed by atoms with Crippen LogP contribution in [-0.4, -0.2) is 36.9 Å². The van der Waals surface area contributed by atoms with Gasteiger partial charge in [-0.3, -0.25) is 9.59 Å². The molecule has 0 spiro atoms. The van der Waals surface area contributed by atoms with E-state index in [4.69, 9.17) is 9.47 Å². The number of nitrogens with one attached hydrogen (secondary N) is 2. The van der Waals surface area contributed by atoms with E-state index < -0.39 is 5.91 Å². The number of rotatable bonds is 9. The Morgan fingerprint density at radius 1 is 1.17 bits per heavy atom. The van der Waals surface area contributed by atoms with Gasteiger partial charge in [-0.25, -0.2) is 5.43 Å². The lowest BCUT2D eigenvalue weighted by Gasteiger charge is -2.07. The topological polar surface area (TPSA) is 109 Å². The number of benzene rings is 2. The second-order valence-electron chi connectivity index (χ2n) is 5.84. The molecule has 0 aliphatic heterocycles. The second-order valence-corrected chi connectivity index (χ2v) is 6.76. The van der Waals surface area contributed by atoms with Crippen molar-refractivity contribution >= 4 is 39.6 Å². The van der Waals surface area contributed by atoms with Crippen LogP contribution in [0.5, 0.6) is 17.2 Å². The molecule has 29 heavy (non-hydrogen) atoms. The molecule has 0 heterocycles. The first-order valence-electron chi connectivity index (χ1n) is 8.84. The Labute approximate surface area is 177 Å². The molecule has 0 saturated carbocycles. The van der Waals surface area contributed by atoms with Gasteiger partial charge in [-0.1, -0.05) is 15.9 Å². The van der Waals surface area contributed by atoms with Gasteiger partial charge in [-0.05, 0) is 43.3 Å². The van der Waals surface area contributed by atoms with Crippen molar-refractivity contribution in [2.75, 3.05) is 19.0 Å². The number of hydrazone groups is 1. The fraction of sp³-hybridized carbons (Fsp3) is 0.250. The number of hydrogen-bond acceptors (Lipinski definition) is 6. The molecule has 0 aromatic heterocycles. The highest BCUT2D eigenvalue weighted by molar-refractivity contribution is 9.10. The number of anilines is 1. The SMILES string of the molecule is CCOc1ccc(NC(=O)CCC(=O)N/N=C/c2cc(Br)cc(OC)c2O)cc1. The fourth-order valence-corrected chi connectivity index (χ4v) is 2.78. The minimum Gasteiger partial charge on any atom is -0.504 e. The van der Waals surface area contributed by atoms with Gasteiger partial charge in [0.15, 0.2) is 11.5 Å². The number of carbonyl (C=O) groups excluding carboxylic acids is 2. The third-order valence-corrected chi connectivity index (χ3v) is 4.17. The van der Waals surface area contributed by atoms with E-state index in [-0.39, 0.29) is 30.2 Å². The molecule has 3 N–H and O–H groups in total. The minimum atomic E-state index is -0.426. The van der Waals surface area contributed by atoms with Crippen LogP contribution in [0.1, 0.15) is 25.3 Å². The Bertz CT molecular complexity index is 884. The Morgan fingerprint density at radius 2 is 1.86 bits per heavy atom. The summed E-state index contributed by atoms with van der Waals surface area (Å²) in [7, 11) is 1.43. The summed E-state index contributed by atoms with van der Waals surface area (Å²) in [5, 5.41) is 16.5. The fourth-order valence-electron chi connectivity index (χ4n) is 2.33. The van der Waals surface area contributed by atoms with Gasteiger partial charge < -0.3 is 19.9 Å². The molecule has 8 nitrogen and oxygen atoms in total. The summed E-state index contributed by atoms with van der Waals surface area (Å²) in [5.74, 6) is 0.186. The molecule has 0 atom stereocenters. The summed E-state index contributed by atoms with van der Waals surface area (Å²) in [5.41, 5.74) is 3.31. The maximum Gasteiger partial charge on any atom is 0.240 e. The molecular weight excluding hydrogens is 442 g/mol. The van der Waals surface area contributed by atoms with Gasteiger partial charge in [-0.2, -0.15) is 5.10 Å². The number of phenolic OH excluding ortho intramolecular Hbond substituents is 1. The Morgan fingerprint density at radius 3 is 2.52 bits per heavy atom. The second kappa shape index (κ2) is 11.1. The highest BCUT2D eigenvalue weighted by Gasteiger charge is 2.09. The zero-order chi connectivity index (χ0) is 21.2. The van der Waals surface area contributed by atoms with E-state index in [9.17, 15) is 14.7 Å². The number of hydrogen-bond donors (Lipinski definition) is 3. The summed E-state index contributed by atoms with van der Waals surface area (Å²) in [6, 6.07) is 10.2. The summed E-state index contributed by atoms with van der Waals surface area (Å²) in [4.78, 5) is 23.8. The van der Waals surface area contributed by atoms with Crippen LogP contribution in [0.4, 0.5) is 5.69 Å². The van der Waals surface area contributed by atoms with Crippen LogP contribution >= 0.6 is 15.9 Å². The molecule has 0 aliphatic carbocycles. The normalized spacial score (nSPS) is 10.6. The van der Waals surface area contributed by atoms with E-state index >= 15 is 0 Å². The van der Waals surface area contributed by atoms with E-state index in [2.05, 4.69) is 31.8 Å². The van der Waals surface area contributed by atoms with Crippen LogP contribution in [0.2, 0.25) is 0 Å². The van der Waals surface area contributed by atoms with Crippen molar-refractivity contribution in [1.29, 1.82) is 0 Å². The Balaban J connectivity index is 1.80. The van der Waals surface area contributed by atoms with Gasteiger partial charge in [0.2, 0.25) is 11.8 Å². The molecule has 2 aromatic rings. The predicted molar refractivity (Wildman–Crippen MR) is 114 cm³/mol. The van der Waals surface area contributed by atoms with Crippen molar-refractivity contribution in [1.82, 2.24) is 5.43 Å². The molecule has 0 radical (unpaired) electrons.